The van der Waals surface area contributed by atoms with Gasteiger partial charge in [-0.25, -0.2) is 0 Å². The molecule has 6 nitrogen and oxygen atoms in total. The molecule has 30 heavy (non-hydrogen) atoms. The number of ether oxygens (including phenoxy) is 2. The zero-order valence-electron chi connectivity index (χ0n) is 16.0. The first-order chi connectivity index (χ1) is 14.2. The van der Waals surface area contributed by atoms with E-state index in [1.807, 2.05) is 0 Å². The van der Waals surface area contributed by atoms with Crippen LogP contribution in [-0.2, 0) is 28.9 Å². The Morgan fingerprint density at radius 2 is 2.07 bits per heavy atom. The number of carbonyl (C=O) groups excluding carboxylic acids is 1. The molecule has 0 bridgehead atoms. The van der Waals surface area contributed by atoms with Crippen molar-refractivity contribution in [2.75, 3.05) is 7.11 Å². The zero-order chi connectivity index (χ0) is 21.9. The van der Waals surface area contributed by atoms with Crippen LogP contribution in [0, 0.1) is 5.92 Å². The Kier molecular flexibility index (Phi) is 6.74. The lowest BCUT2D eigenvalue weighted by molar-refractivity contribution is -0.295. The third kappa shape index (κ3) is 4.80. The Hall–Kier alpha value is -2.49. The first-order valence-electron chi connectivity index (χ1n) is 9.21. The normalized spacial score (nSPS) is 15.0. The first kappa shape index (κ1) is 22.2. The van der Waals surface area contributed by atoms with Crippen molar-refractivity contribution < 1.29 is 32.5 Å². The average molecular weight is 488 g/mol. The van der Waals surface area contributed by atoms with Crippen molar-refractivity contribution in [3.63, 3.8) is 0 Å². The molecule has 2 aromatic rings. The monoisotopic (exact) mass is 487 g/mol. The Labute approximate surface area is 179 Å². The van der Waals surface area contributed by atoms with Gasteiger partial charge in [-0.05, 0) is 45.8 Å². The van der Waals surface area contributed by atoms with Crippen LogP contribution in [0.15, 0.2) is 35.1 Å². The lowest BCUT2D eigenvalue weighted by atomic mass is 9.85. The molecule has 0 aliphatic heterocycles. The molecule has 1 aliphatic carbocycles. The molecule has 1 fully saturated rings. The van der Waals surface area contributed by atoms with Crippen molar-refractivity contribution in [1.29, 1.82) is 0 Å². The van der Waals surface area contributed by atoms with Crippen molar-refractivity contribution in [3.05, 3.63) is 51.8 Å². The van der Waals surface area contributed by atoms with E-state index >= 15 is 0 Å². The van der Waals surface area contributed by atoms with E-state index in [0.29, 0.717) is 18.0 Å². The maximum absolute atomic E-state index is 13.6. The number of nitrogens with zero attached hydrogens (tertiary/aromatic N) is 2. The largest absolute Gasteiger partial charge is 0.545 e. The summed E-state index contributed by atoms with van der Waals surface area (Å²) in [6.07, 6.45) is -0.702. The van der Waals surface area contributed by atoms with E-state index in [1.165, 1.54) is 17.9 Å². The average Bonchev–Trinajstić information content (AvgIpc) is 2.96. The van der Waals surface area contributed by atoms with Gasteiger partial charge in [-0.1, -0.05) is 30.7 Å². The molecule has 10 heteroatoms. The van der Waals surface area contributed by atoms with E-state index in [1.54, 1.807) is 18.2 Å². The summed E-state index contributed by atoms with van der Waals surface area (Å²) in [7, 11) is 1.28. The molecular formula is C20H19BrF3N2O4-. The van der Waals surface area contributed by atoms with Gasteiger partial charge in [0.15, 0.2) is 5.56 Å². The van der Waals surface area contributed by atoms with Crippen LogP contribution < -0.4 is 9.84 Å². The summed E-state index contributed by atoms with van der Waals surface area (Å²) in [6.45, 7) is 0.0511. The fraction of sp³-hybridized carbons (Fsp3) is 0.400. The number of aromatic nitrogens is 2. The van der Waals surface area contributed by atoms with Crippen molar-refractivity contribution in [2.24, 2.45) is 5.92 Å². The number of benzene rings is 1. The number of halogens is 4. The van der Waals surface area contributed by atoms with Gasteiger partial charge in [-0.2, -0.15) is 13.2 Å². The third-order valence-electron chi connectivity index (χ3n) is 4.93. The SMILES string of the molecule is CO/C=C(/C(=O)[O-])c1ccccc1COc1nn(CC2CCC2)c(Br)c1C(F)(F)F. The van der Waals surface area contributed by atoms with E-state index in [-0.39, 0.29) is 22.3 Å². The summed E-state index contributed by atoms with van der Waals surface area (Å²) in [4.78, 5) is 11.4. The molecule has 1 aromatic carbocycles. The minimum Gasteiger partial charge on any atom is -0.545 e. The van der Waals surface area contributed by atoms with Gasteiger partial charge in [-0.15, -0.1) is 5.10 Å². The fourth-order valence-electron chi connectivity index (χ4n) is 3.20. The second-order valence-corrected chi connectivity index (χ2v) is 7.70. The van der Waals surface area contributed by atoms with Crippen LogP contribution in [0.25, 0.3) is 5.57 Å². The molecule has 1 aliphatic rings. The molecule has 0 atom stereocenters. The van der Waals surface area contributed by atoms with Gasteiger partial charge in [0.2, 0.25) is 5.88 Å². The van der Waals surface area contributed by atoms with Crippen LogP contribution in [0.1, 0.15) is 36.0 Å². The van der Waals surface area contributed by atoms with Crippen LogP contribution in [0.2, 0.25) is 0 Å². The number of methoxy groups -OCH3 is 1. The highest BCUT2D eigenvalue weighted by Gasteiger charge is 2.41. The molecule has 1 aromatic heterocycles. The lowest BCUT2D eigenvalue weighted by Crippen LogP contribution is -2.24. The number of hydrogen-bond donors (Lipinski definition) is 0. The van der Waals surface area contributed by atoms with E-state index in [4.69, 9.17) is 9.47 Å². The molecule has 3 rings (SSSR count). The van der Waals surface area contributed by atoms with Crippen molar-refractivity contribution in [2.45, 2.75) is 38.6 Å². The van der Waals surface area contributed by atoms with Gasteiger partial charge >= 0.3 is 6.18 Å². The number of alkyl halides is 3. The lowest BCUT2D eigenvalue weighted by Gasteiger charge is -2.25. The quantitative estimate of drug-likeness (QED) is 0.418. The van der Waals surface area contributed by atoms with Gasteiger partial charge in [0, 0.05) is 12.1 Å². The Balaban J connectivity index is 1.90. The molecule has 0 amide bonds. The standard InChI is InChI=1S/C20H20BrF3N2O4/c1-29-11-15(19(27)28)14-8-3-2-7-13(14)10-30-18-16(20(22,23)24)17(21)26(25-18)9-12-5-4-6-12/h2-3,7-8,11-12H,4-6,9-10H2,1H3,(H,27,28)/p-1/b15-11+. The second-order valence-electron chi connectivity index (χ2n) is 6.95. The number of carboxylic acids is 1. The van der Waals surface area contributed by atoms with Gasteiger partial charge in [0.05, 0.1) is 19.3 Å². The van der Waals surface area contributed by atoms with Gasteiger partial charge < -0.3 is 19.4 Å². The van der Waals surface area contributed by atoms with Crippen molar-refractivity contribution >= 4 is 27.5 Å². The number of carbonyl (C=O) groups is 1. The molecular weight excluding hydrogens is 469 g/mol. The van der Waals surface area contributed by atoms with Gasteiger partial charge in [0.25, 0.3) is 0 Å². The number of carboxylic acid groups (broad SMARTS) is 1. The predicted molar refractivity (Wildman–Crippen MR) is 103 cm³/mol. The molecule has 0 N–H and O–H groups in total. The van der Waals surface area contributed by atoms with E-state index in [9.17, 15) is 23.1 Å². The minimum atomic E-state index is -4.67. The summed E-state index contributed by atoms with van der Waals surface area (Å²) >= 11 is 3.01. The molecule has 1 heterocycles. The maximum Gasteiger partial charge on any atom is 0.424 e. The van der Waals surface area contributed by atoms with Crippen LogP contribution in [0.5, 0.6) is 5.88 Å². The Bertz CT molecular complexity index is 952. The van der Waals surface area contributed by atoms with Crippen LogP contribution >= 0.6 is 15.9 Å². The smallest absolute Gasteiger partial charge is 0.424 e. The van der Waals surface area contributed by atoms with Crippen molar-refractivity contribution in [3.8, 4) is 5.88 Å². The van der Waals surface area contributed by atoms with Gasteiger partial charge in [0.1, 0.15) is 11.2 Å². The molecule has 1 saturated carbocycles. The van der Waals surface area contributed by atoms with Gasteiger partial charge in [-0.3, -0.25) is 4.68 Å². The fourth-order valence-corrected chi connectivity index (χ4v) is 3.81. The molecule has 0 spiro atoms. The predicted octanol–water partition coefficient (Wildman–Crippen LogP) is 3.78. The Morgan fingerprint density at radius 1 is 1.37 bits per heavy atom. The highest BCUT2D eigenvalue weighted by molar-refractivity contribution is 9.10. The molecule has 0 saturated heterocycles. The molecule has 162 valence electrons. The first-order valence-corrected chi connectivity index (χ1v) is 10.0. The second kappa shape index (κ2) is 9.11. The van der Waals surface area contributed by atoms with E-state index in [2.05, 4.69) is 21.0 Å². The highest BCUT2D eigenvalue weighted by Crippen LogP contribution is 2.42. The van der Waals surface area contributed by atoms with E-state index < -0.39 is 23.6 Å². The topological polar surface area (TPSA) is 76.4 Å². The van der Waals surface area contributed by atoms with Crippen molar-refractivity contribution in [1.82, 2.24) is 9.78 Å². The maximum atomic E-state index is 13.6. The minimum absolute atomic E-state index is 0.181. The zero-order valence-corrected chi connectivity index (χ0v) is 17.6. The van der Waals surface area contributed by atoms with Crippen LogP contribution in [-0.4, -0.2) is 22.9 Å². The highest BCUT2D eigenvalue weighted by atomic mass is 79.9. The molecule has 0 unspecified atom stereocenters. The Morgan fingerprint density at radius 3 is 2.63 bits per heavy atom. The third-order valence-corrected chi connectivity index (χ3v) is 5.73. The summed E-state index contributed by atoms with van der Waals surface area (Å²) in [6, 6.07) is 6.26. The number of hydrogen-bond acceptors (Lipinski definition) is 5. The summed E-state index contributed by atoms with van der Waals surface area (Å²) < 4.78 is 52.2. The molecule has 0 radical (unpaired) electrons. The van der Waals surface area contributed by atoms with Crippen LogP contribution in [0.4, 0.5) is 13.2 Å². The number of rotatable bonds is 8. The van der Waals surface area contributed by atoms with Crippen LogP contribution in [0.3, 0.4) is 0 Å². The summed E-state index contributed by atoms with van der Waals surface area (Å²) in [5.41, 5.74) is -0.667. The number of aliphatic carboxylic acids is 1. The van der Waals surface area contributed by atoms with E-state index in [0.717, 1.165) is 25.5 Å². The summed E-state index contributed by atoms with van der Waals surface area (Å²) in [5, 5.41) is 15.4. The summed E-state index contributed by atoms with van der Waals surface area (Å²) in [5.74, 6) is -1.75.